The number of pyridine rings is 1. The molecule has 0 saturated heterocycles. The van der Waals surface area contributed by atoms with Gasteiger partial charge in [-0.2, -0.15) is 13.2 Å². The van der Waals surface area contributed by atoms with Crippen LogP contribution in [0.1, 0.15) is 5.56 Å². The summed E-state index contributed by atoms with van der Waals surface area (Å²) in [5.41, 5.74) is -0.962. The molecule has 98 valence electrons. The number of carbonyl (C=O) groups excluding carboxylic acids is 2. The number of rotatable bonds is 2. The molecule has 0 unspecified atom stereocenters. The first-order valence-electron chi connectivity index (χ1n) is 4.53. The van der Waals surface area contributed by atoms with E-state index in [0.29, 0.717) is 6.07 Å². The molecule has 0 spiro atoms. The lowest BCUT2D eigenvalue weighted by atomic mass is 10.2. The molecule has 2 N–H and O–H groups in total. The molecule has 0 aromatic carbocycles. The van der Waals surface area contributed by atoms with Gasteiger partial charge in [0, 0.05) is 6.20 Å². The van der Waals surface area contributed by atoms with Crippen LogP contribution in [0.2, 0.25) is 0 Å². The van der Waals surface area contributed by atoms with Crippen LogP contribution in [0.15, 0.2) is 18.3 Å². The van der Waals surface area contributed by atoms with Crippen molar-refractivity contribution in [2.45, 2.75) is 6.18 Å². The third-order valence-electron chi connectivity index (χ3n) is 1.70. The number of nitrogens with one attached hydrogen (secondary N) is 2. The minimum absolute atomic E-state index is 0.329. The van der Waals surface area contributed by atoms with Crippen LogP contribution in [-0.2, 0) is 11.0 Å². The summed E-state index contributed by atoms with van der Waals surface area (Å²) in [7, 11) is 0. The molecule has 0 aliphatic carbocycles. The number of urea groups is 1. The quantitative estimate of drug-likeness (QED) is 0.814. The van der Waals surface area contributed by atoms with E-state index in [2.05, 4.69) is 4.98 Å². The molecule has 18 heavy (non-hydrogen) atoms. The highest BCUT2D eigenvalue weighted by Crippen LogP contribution is 2.29. The average Bonchev–Trinajstić information content (AvgIpc) is 2.27. The van der Waals surface area contributed by atoms with Gasteiger partial charge in [0.2, 0.25) is 5.91 Å². The Morgan fingerprint density at radius 1 is 1.39 bits per heavy atom. The summed E-state index contributed by atoms with van der Waals surface area (Å²) < 4.78 is 37.0. The summed E-state index contributed by atoms with van der Waals surface area (Å²) in [5.74, 6) is -1.55. The Kier molecular flexibility index (Phi) is 4.49. The van der Waals surface area contributed by atoms with E-state index >= 15 is 0 Å². The van der Waals surface area contributed by atoms with Crippen molar-refractivity contribution < 1.29 is 22.8 Å². The molecular formula is C9H7ClF3N3O2. The van der Waals surface area contributed by atoms with Crippen molar-refractivity contribution in [1.82, 2.24) is 10.3 Å². The van der Waals surface area contributed by atoms with Gasteiger partial charge in [0.15, 0.2) is 0 Å². The molecule has 1 aromatic rings. The zero-order valence-corrected chi connectivity index (χ0v) is 9.47. The van der Waals surface area contributed by atoms with Gasteiger partial charge >= 0.3 is 12.2 Å². The molecule has 3 amide bonds. The van der Waals surface area contributed by atoms with Gasteiger partial charge in [-0.15, -0.1) is 11.6 Å². The number of halogens is 4. The second kappa shape index (κ2) is 5.67. The summed E-state index contributed by atoms with van der Waals surface area (Å²) in [6, 6.07) is 0.394. The monoisotopic (exact) mass is 281 g/mol. The topological polar surface area (TPSA) is 71.1 Å². The molecule has 0 radical (unpaired) electrons. The zero-order chi connectivity index (χ0) is 13.8. The number of carbonyl (C=O) groups is 2. The first kappa shape index (κ1) is 14.2. The fourth-order valence-electron chi connectivity index (χ4n) is 0.983. The Hall–Kier alpha value is -1.83. The van der Waals surface area contributed by atoms with Gasteiger partial charge < -0.3 is 0 Å². The molecule has 5 nitrogen and oxygen atoms in total. The maximum atomic E-state index is 12.3. The van der Waals surface area contributed by atoms with E-state index in [1.165, 1.54) is 0 Å². The SMILES string of the molecule is O=C(CCl)NC(=O)Nc1cc(C(F)(F)F)ccn1. The Balaban J connectivity index is 2.74. The lowest BCUT2D eigenvalue weighted by Gasteiger charge is -2.09. The maximum absolute atomic E-state index is 12.3. The van der Waals surface area contributed by atoms with Crippen molar-refractivity contribution in [2.24, 2.45) is 0 Å². The van der Waals surface area contributed by atoms with E-state index in [1.807, 2.05) is 5.32 Å². The first-order chi connectivity index (χ1) is 8.32. The summed E-state index contributed by atoms with van der Waals surface area (Å²) in [6.45, 7) is 0. The molecule has 1 aromatic heterocycles. The molecule has 0 aliphatic heterocycles. The van der Waals surface area contributed by atoms with Crippen LogP contribution in [0, 0.1) is 0 Å². The molecular weight excluding hydrogens is 275 g/mol. The number of aromatic nitrogens is 1. The Morgan fingerprint density at radius 3 is 2.61 bits per heavy atom. The standard InChI is InChI=1S/C9H7ClF3N3O2/c10-4-7(17)16-8(18)15-6-3-5(1-2-14-6)9(11,12)13/h1-3H,4H2,(H2,14,15,16,17,18). The minimum Gasteiger partial charge on any atom is -0.292 e. The number of hydrogen-bond donors (Lipinski definition) is 2. The minimum atomic E-state index is -4.54. The average molecular weight is 282 g/mol. The number of anilines is 1. The number of alkyl halides is 4. The van der Waals surface area contributed by atoms with Crippen molar-refractivity contribution in [3.05, 3.63) is 23.9 Å². The lowest BCUT2D eigenvalue weighted by molar-refractivity contribution is -0.137. The Morgan fingerprint density at radius 2 is 2.06 bits per heavy atom. The molecule has 0 bridgehead atoms. The van der Waals surface area contributed by atoms with Crippen molar-refractivity contribution in [3.63, 3.8) is 0 Å². The fraction of sp³-hybridized carbons (Fsp3) is 0.222. The van der Waals surface area contributed by atoms with Crippen LogP contribution in [0.3, 0.4) is 0 Å². The highest BCUT2D eigenvalue weighted by atomic mass is 35.5. The van der Waals surface area contributed by atoms with Gasteiger partial charge in [0.05, 0.1) is 5.56 Å². The third-order valence-corrected chi connectivity index (χ3v) is 1.95. The molecule has 0 fully saturated rings. The van der Waals surface area contributed by atoms with Crippen LogP contribution in [0.4, 0.5) is 23.8 Å². The van der Waals surface area contributed by atoms with E-state index in [-0.39, 0.29) is 5.82 Å². The van der Waals surface area contributed by atoms with E-state index in [9.17, 15) is 22.8 Å². The van der Waals surface area contributed by atoms with Gasteiger partial charge in [-0.3, -0.25) is 15.4 Å². The summed E-state index contributed by atoms with van der Waals surface area (Å²) in [4.78, 5) is 25.4. The van der Waals surface area contributed by atoms with Crippen molar-refractivity contribution >= 4 is 29.4 Å². The van der Waals surface area contributed by atoms with Crippen LogP contribution in [-0.4, -0.2) is 22.8 Å². The lowest BCUT2D eigenvalue weighted by Crippen LogP contribution is -2.35. The number of hydrogen-bond acceptors (Lipinski definition) is 3. The van der Waals surface area contributed by atoms with Crippen LogP contribution in [0.25, 0.3) is 0 Å². The predicted molar refractivity (Wildman–Crippen MR) is 57.1 cm³/mol. The molecule has 1 heterocycles. The Labute approximate surface area is 104 Å². The molecule has 9 heteroatoms. The number of amides is 3. The van der Waals surface area contributed by atoms with E-state index in [0.717, 1.165) is 12.3 Å². The van der Waals surface area contributed by atoms with Gasteiger partial charge in [-0.1, -0.05) is 0 Å². The smallest absolute Gasteiger partial charge is 0.292 e. The predicted octanol–water partition coefficient (Wildman–Crippen LogP) is 1.99. The van der Waals surface area contributed by atoms with Crippen LogP contribution >= 0.6 is 11.6 Å². The largest absolute Gasteiger partial charge is 0.416 e. The highest BCUT2D eigenvalue weighted by Gasteiger charge is 2.30. The maximum Gasteiger partial charge on any atom is 0.416 e. The normalized spacial score (nSPS) is 10.9. The molecule has 1 rings (SSSR count). The van der Waals surface area contributed by atoms with Gasteiger partial charge in [0.1, 0.15) is 11.7 Å². The Bertz CT molecular complexity index is 465. The molecule has 0 atom stereocenters. The van der Waals surface area contributed by atoms with E-state index < -0.39 is 29.6 Å². The van der Waals surface area contributed by atoms with Crippen LogP contribution < -0.4 is 10.6 Å². The zero-order valence-electron chi connectivity index (χ0n) is 8.71. The van der Waals surface area contributed by atoms with Crippen molar-refractivity contribution in [3.8, 4) is 0 Å². The molecule has 0 aliphatic rings. The number of imide groups is 1. The van der Waals surface area contributed by atoms with E-state index in [1.54, 1.807) is 5.32 Å². The van der Waals surface area contributed by atoms with Gasteiger partial charge in [-0.05, 0) is 12.1 Å². The first-order valence-corrected chi connectivity index (χ1v) is 5.06. The highest BCUT2D eigenvalue weighted by molar-refractivity contribution is 6.28. The summed E-state index contributed by atoms with van der Waals surface area (Å²) in [5, 5.41) is 3.77. The molecule has 0 saturated carbocycles. The number of nitrogens with zero attached hydrogens (tertiary/aromatic N) is 1. The van der Waals surface area contributed by atoms with Gasteiger partial charge in [0.25, 0.3) is 0 Å². The van der Waals surface area contributed by atoms with Crippen molar-refractivity contribution in [1.29, 1.82) is 0 Å². The van der Waals surface area contributed by atoms with Crippen LogP contribution in [0.5, 0.6) is 0 Å². The third kappa shape index (κ3) is 4.21. The second-order valence-corrected chi connectivity index (χ2v) is 3.33. The summed E-state index contributed by atoms with van der Waals surface area (Å²) in [6.07, 6.45) is -3.65. The fourth-order valence-corrected chi connectivity index (χ4v) is 1.05. The summed E-state index contributed by atoms with van der Waals surface area (Å²) >= 11 is 5.13. The van der Waals surface area contributed by atoms with E-state index in [4.69, 9.17) is 11.6 Å². The van der Waals surface area contributed by atoms with Gasteiger partial charge in [-0.25, -0.2) is 9.78 Å². The second-order valence-electron chi connectivity index (χ2n) is 3.06. The van der Waals surface area contributed by atoms with Crippen molar-refractivity contribution in [2.75, 3.05) is 11.2 Å².